The van der Waals surface area contributed by atoms with Crippen LogP contribution in [-0.2, 0) is 16.1 Å². The minimum absolute atomic E-state index is 0.112. The van der Waals surface area contributed by atoms with Gasteiger partial charge in [-0.3, -0.25) is 9.59 Å². The van der Waals surface area contributed by atoms with Gasteiger partial charge in [-0.2, -0.15) is 0 Å². The molecule has 7 heteroatoms. The maximum absolute atomic E-state index is 12.9. The Hall–Kier alpha value is -3.48. The molecule has 0 bridgehead atoms. The minimum Gasteiger partial charge on any atom is -0.497 e. The van der Waals surface area contributed by atoms with E-state index >= 15 is 0 Å². The summed E-state index contributed by atoms with van der Waals surface area (Å²) in [6.07, 6.45) is 0.134. The normalized spacial score (nSPS) is 11.7. The van der Waals surface area contributed by atoms with Crippen LogP contribution in [0.5, 0.6) is 5.75 Å². The van der Waals surface area contributed by atoms with Gasteiger partial charge in [-0.05, 0) is 30.7 Å². The molecule has 0 spiro atoms. The number of aromatic nitrogens is 2. The van der Waals surface area contributed by atoms with Crippen molar-refractivity contribution in [3.05, 3.63) is 65.6 Å². The molecule has 1 N–H and O–H groups in total. The summed E-state index contributed by atoms with van der Waals surface area (Å²) in [5.74, 6) is 0.994. The Kier molecular flexibility index (Phi) is 6.61. The van der Waals surface area contributed by atoms with Gasteiger partial charge in [0.2, 0.25) is 11.8 Å². The topological polar surface area (TPSA) is 84.4 Å². The third-order valence-corrected chi connectivity index (χ3v) is 4.92. The number of rotatable bonds is 7. The molecule has 0 saturated carbocycles. The highest BCUT2D eigenvalue weighted by atomic mass is 16.5. The molecule has 0 radical (unpaired) electrons. The highest BCUT2D eigenvalue weighted by molar-refractivity contribution is 5.81. The average molecular weight is 406 g/mol. The van der Waals surface area contributed by atoms with E-state index in [0.29, 0.717) is 18.1 Å². The lowest BCUT2D eigenvalue weighted by Crippen LogP contribution is -2.34. The van der Waals surface area contributed by atoms with E-state index in [9.17, 15) is 9.59 Å². The molecule has 1 heterocycles. The first-order valence-corrected chi connectivity index (χ1v) is 9.74. The number of aryl methyl sites for hydroxylation is 1. The average Bonchev–Trinajstić information content (AvgIpc) is 2.73. The number of carbonyl (C=O) groups excluding carboxylic acids is 2. The van der Waals surface area contributed by atoms with Gasteiger partial charge in [0, 0.05) is 25.1 Å². The molecule has 2 amide bonds. The summed E-state index contributed by atoms with van der Waals surface area (Å²) in [6, 6.07) is 14.7. The van der Waals surface area contributed by atoms with E-state index < -0.39 is 6.04 Å². The summed E-state index contributed by atoms with van der Waals surface area (Å²) in [4.78, 5) is 35.3. The third-order valence-electron chi connectivity index (χ3n) is 4.92. The number of carbonyl (C=O) groups is 2. The van der Waals surface area contributed by atoms with Gasteiger partial charge in [0.05, 0.1) is 31.6 Å². The zero-order chi connectivity index (χ0) is 21.7. The minimum atomic E-state index is -0.428. The molecule has 1 aromatic heterocycles. The van der Waals surface area contributed by atoms with E-state index in [4.69, 9.17) is 4.74 Å². The monoisotopic (exact) mass is 406 g/mol. The molecule has 1 atom stereocenters. The Bertz CT molecular complexity index is 1050. The molecule has 0 aliphatic rings. The first kappa shape index (κ1) is 21.2. The van der Waals surface area contributed by atoms with Crippen LogP contribution in [0.4, 0.5) is 0 Å². The molecule has 2 aromatic carbocycles. The quantitative estimate of drug-likeness (QED) is 0.651. The van der Waals surface area contributed by atoms with Gasteiger partial charge in [-0.25, -0.2) is 9.97 Å². The summed E-state index contributed by atoms with van der Waals surface area (Å²) in [7, 11) is 3.31. The van der Waals surface area contributed by atoms with E-state index in [-0.39, 0.29) is 18.2 Å². The smallest absolute Gasteiger partial charge is 0.225 e. The number of hydrogen-bond acceptors (Lipinski definition) is 5. The molecule has 30 heavy (non-hydrogen) atoms. The lowest BCUT2D eigenvalue weighted by atomic mass is 10.0. The van der Waals surface area contributed by atoms with Crippen molar-refractivity contribution in [1.82, 2.24) is 20.2 Å². The van der Waals surface area contributed by atoms with Crippen LogP contribution in [0.2, 0.25) is 0 Å². The van der Waals surface area contributed by atoms with Crippen LogP contribution >= 0.6 is 0 Å². The van der Waals surface area contributed by atoms with Crippen LogP contribution in [0.25, 0.3) is 10.9 Å². The van der Waals surface area contributed by atoms with Crippen molar-refractivity contribution in [1.29, 1.82) is 0 Å². The maximum Gasteiger partial charge on any atom is 0.225 e. The number of amides is 2. The molecule has 3 aromatic rings. The fraction of sp³-hybridized carbons (Fsp3) is 0.304. The Morgan fingerprint density at radius 1 is 1.10 bits per heavy atom. The molecule has 1 unspecified atom stereocenters. The molecule has 3 rings (SSSR count). The number of methoxy groups -OCH3 is 1. The summed E-state index contributed by atoms with van der Waals surface area (Å²) < 4.78 is 5.18. The fourth-order valence-corrected chi connectivity index (χ4v) is 3.33. The van der Waals surface area contributed by atoms with E-state index in [1.807, 2.05) is 55.5 Å². The number of benzene rings is 2. The zero-order valence-electron chi connectivity index (χ0n) is 17.7. The molecule has 0 aliphatic heterocycles. The van der Waals surface area contributed by atoms with E-state index in [0.717, 1.165) is 22.2 Å². The van der Waals surface area contributed by atoms with Crippen molar-refractivity contribution < 1.29 is 14.3 Å². The van der Waals surface area contributed by atoms with Gasteiger partial charge < -0.3 is 15.0 Å². The number of hydrogen-bond donors (Lipinski definition) is 1. The van der Waals surface area contributed by atoms with Crippen LogP contribution < -0.4 is 10.1 Å². The second-order valence-corrected chi connectivity index (χ2v) is 7.22. The van der Waals surface area contributed by atoms with Gasteiger partial charge in [0.25, 0.3) is 0 Å². The standard InChI is InChI=1S/C23H26N4O3/c1-15-19-7-5-6-8-20(19)26-22(24-15)14-27(3)23(29)13-21(25-16(2)28)17-9-11-18(30-4)12-10-17/h5-12,21H,13-14H2,1-4H3,(H,25,28). The number of nitrogens with zero attached hydrogens (tertiary/aromatic N) is 3. The highest BCUT2D eigenvalue weighted by Crippen LogP contribution is 2.22. The summed E-state index contributed by atoms with van der Waals surface area (Å²) in [6.45, 7) is 3.67. The van der Waals surface area contributed by atoms with Crippen molar-refractivity contribution in [3.8, 4) is 5.75 Å². The van der Waals surface area contributed by atoms with Gasteiger partial charge in [0.15, 0.2) is 0 Å². The number of nitrogens with one attached hydrogen (secondary N) is 1. The Labute approximate surface area is 176 Å². The molecule has 156 valence electrons. The number of ether oxygens (including phenoxy) is 1. The van der Waals surface area contributed by atoms with Crippen molar-refractivity contribution in [2.24, 2.45) is 0 Å². The highest BCUT2D eigenvalue weighted by Gasteiger charge is 2.20. The summed E-state index contributed by atoms with van der Waals surface area (Å²) in [5.41, 5.74) is 2.58. The van der Waals surface area contributed by atoms with Crippen molar-refractivity contribution in [2.75, 3.05) is 14.2 Å². The lowest BCUT2D eigenvalue weighted by Gasteiger charge is -2.22. The van der Waals surface area contributed by atoms with Gasteiger partial charge in [-0.1, -0.05) is 30.3 Å². The predicted molar refractivity (Wildman–Crippen MR) is 115 cm³/mol. The second kappa shape index (κ2) is 9.35. The van der Waals surface area contributed by atoms with Gasteiger partial charge in [0.1, 0.15) is 11.6 Å². The van der Waals surface area contributed by atoms with Crippen LogP contribution in [-0.4, -0.2) is 40.8 Å². The zero-order valence-corrected chi connectivity index (χ0v) is 17.7. The number of para-hydroxylation sites is 1. The van der Waals surface area contributed by atoms with Crippen molar-refractivity contribution in [3.63, 3.8) is 0 Å². The van der Waals surface area contributed by atoms with Crippen molar-refractivity contribution >= 4 is 22.7 Å². The van der Waals surface area contributed by atoms with E-state index in [2.05, 4.69) is 15.3 Å². The molecular weight excluding hydrogens is 380 g/mol. The number of fused-ring (bicyclic) bond motifs is 1. The predicted octanol–water partition coefficient (Wildman–Crippen LogP) is 3.17. The van der Waals surface area contributed by atoms with Crippen molar-refractivity contribution in [2.45, 2.75) is 32.9 Å². The van der Waals surface area contributed by atoms with E-state index in [1.54, 1.807) is 19.1 Å². The van der Waals surface area contributed by atoms with Crippen LogP contribution in [0.15, 0.2) is 48.5 Å². The molecular formula is C23H26N4O3. The Morgan fingerprint density at radius 3 is 2.47 bits per heavy atom. The molecule has 0 fully saturated rings. The van der Waals surface area contributed by atoms with Crippen LogP contribution in [0, 0.1) is 6.92 Å². The Balaban J connectivity index is 1.74. The third kappa shape index (κ3) is 5.11. The van der Waals surface area contributed by atoms with E-state index in [1.165, 1.54) is 6.92 Å². The second-order valence-electron chi connectivity index (χ2n) is 7.22. The summed E-state index contributed by atoms with van der Waals surface area (Å²) in [5, 5.41) is 3.86. The molecule has 0 aliphatic carbocycles. The van der Waals surface area contributed by atoms with Crippen LogP contribution in [0.1, 0.15) is 36.5 Å². The first-order chi connectivity index (χ1) is 14.4. The van der Waals surface area contributed by atoms with Gasteiger partial charge in [-0.15, -0.1) is 0 Å². The lowest BCUT2D eigenvalue weighted by molar-refractivity contribution is -0.131. The summed E-state index contributed by atoms with van der Waals surface area (Å²) >= 11 is 0. The fourth-order valence-electron chi connectivity index (χ4n) is 3.33. The largest absolute Gasteiger partial charge is 0.497 e. The van der Waals surface area contributed by atoms with Crippen LogP contribution in [0.3, 0.4) is 0 Å². The maximum atomic E-state index is 12.9. The first-order valence-electron chi connectivity index (χ1n) is 9.74. The Morgan fingerprint density at radius 2 is 1.80 bits per heavy atom. The molecule has 7 nitrogen and oxygen atoms in total. The SMILES string of the molecule is COc1ccc(C(CC(=O)N(C)Cc2nc(C)c3ccccc3n2)NC(C)=O)cc1. The molecule has 0 saturated heterocycles. The van der Waals surface area contributed by atoms with Gasteiger partial charge >= 0.3 is 0 Å².